The number of carbonyl (C=O) groups excluding carboxylic acids is 1. The van der Waals surface area contributed by atoms with E-state index in [0.717, 1.165) is 12.2 Å². The van der Waals surface area contributed by atoms with Crippen LogP contribution in [0.3, 0.4) is 0 Å². The Morgan fingerprint density at radius 3 is 2.41 bits per heavy atom. The summed E-state index contributed by atoms with van der Waals surface area (Å²) in [5.74, 6) is -1.45. The van der Waals surface area contributed by atoms with Crippen LogP contribution in [0.2, 0.25) is 0 Å². The number of rotatable bonds is 6. The molecule has 0 saturated carbocycles. The molecule has 6 heteroatoms. The van der Waals surface area contributed by atoms with Crippen molar-refractivity contribution in [3.05, 3.63) is 51.7 Å². The van der Waals surface area contributed by atoms with E-state index in [9.17, 15) is 9.59 Å². The van der Waals surface area contributed by atoms with Gasteiger partial charge >= 0.3 is 5.97 Å². The third kappa shape index (κ3) is 4.33. The molecule has 0 fully saturated rings. The SMILES string of the molecule is Cc1ccc(CNc2ccc(C(=O)NC(C)C(=O)O)cc2)s1. The van der Waals surface area contributed by atoms with Gasteiger partial charge in [-0.15, -0.1) is 11.3 Å². The summed E-state index contributed by atoms with van der Waals surface area (Å²) in [4.78, 5) is 25.1. The number of hydrogen-bond donors (Lipinski definition) is 3. The first-order valence-corrected chi connectivity index (χ1v) is 7.70. The highest BCUT2D eigenvalue weighted by Gasteiger charge is 2.14. The number of carboxylic acid groups (broad SMARTS) is 1. The second kappa shape index (κ2) is 7.09. The molecule has 0 radical (unpaired) electrons. The molecular formula is C16H18N2O3S. The molecule has 2 rings (SSSR count). The summed E-state index contributed by atoms with van der Waals surface area (Å²) in [6, 6.07) is 10.2. The summed E-state index contributed by atoms with van der Waals surface area (Å²) in [5.41, 5.74) is 1.35. The molecule has 0 bridgehead atoms. The van der Waals surface area contributed by atoms with E-state index in [1.807, 2.05) is 0 Å². The molecule has 0 aliphatic heterocycles. The van der Waals surface area contributed by atoms with Crippen molar-refractivity contribution in [2.24, 2.45) is 0 Å². The number of benzene rings is 1. The van der Waals surface area contributed by atoms with Crippen LogP contribution >= 0.6 is 11.3 Å². The summed E-state index contributed by atoms with van der Waals surface area (Å²) in [6.45, 7) is 4.24. The average Bonchev–Trinajstić information content (AvgIpc) is 2.91. The molecule has 1 unspecified atom stereocenters. The zero-order valence-corrected chi connectivity index (χ0v) is 13.2. The lowest BCUT2D eigenvalue weighted by molar-refractivity contribution is -0.138. The summed E-state index contributed by atoms with van der Waals surface area (Å²) in [6.07, 6.45) is 0. The van der Waals surface area contributed by atoms with Crippen molar-refractivity contribution >= 4 is 28.9 Å². The molecule has 0 saturated heterocycles. The first-order valence-electron chi connectivity index (χ1n) is 6.88. The van der Waals surface area contributed by atoms with E-state index in [4.69, 9.17) is 5.11 Å². The Labute approximate surface area is 133 Å². The first-order chi connectivity index (χ1) is 10.5. The quantitative estimate of drug-likeness (QED) is 0.765. The van der Waals surface area contributed by atoms with Crippen LogP contribution in [0, 0.1) is 6.92 Å². The van der Waals surface area contributed by atoms with Gasteiger partial charge in [0.25, 0.3) is 5.91 Å². The van der Waals surface area contributed by atoms with E-state index >= 15 is 0 Å². The fraction of sp³-hybridized carbons (Fsp3) is 0.250. The maximum atomic E-state index is 11.9. The third-order valence-electron chi connectivity index (χ3n) is 3.13. The van der Waals surface area contributed by atoms with Gasteiger partial charge in [-0.2, -0.15) is 0 Å². The molecule has 0 aliphatic carbocycles. The number of aliphatic carboxylic acids is 1. The van der Waals surface area contributed by atoms with Crippen LogP contribution < -0.4 is 10.6 Å². The van der Waals surface area contributed by atoms with E-state index in [2.05, 4.69) is 29.7 Å². The molecule has 1 aromatic carbocycles. The Kier molecular flexibility index (Phi) is 5.16. The van der Waals surface area contributed by atoms with Crippen LogP contribution in [0.5, 0.6) is 0 Å². The van der Waals surface area contributed by atoms with E-state index in [1.54, 1.807) is 35.6 Å². The summed E-state index contributed by atoms with van der Waals surface area (Å²) in [5, 5.41) is 14.5. The highest BCUT2D eigenvalue weighted by atomic mass is 32.1. The lowest BCUT2D eigenvalue weighted by Gasteiger charge is -2.10. The van der Waals surface area contributed by atoms with Gasteiger partial charge in [0.1, 0.15) is 6.04 Å². The maximum absolute atomic E-state index is 11.9. The van der Waals surface area contributed by atoms with Crippen LogP contribution in [-0.2, 0) is 11.3 Å². The second-order valence-corrected chi connectivity index (χ2v) is 6.35. The fourth-order valence-electron chi connectivity index (χ4n) is 1.85. The Bertz CT molecular complexity index is 664. The number of hydrogen-bond acceptors (Lipinski definition) is 4. The second-order valence-electron chi connectivity index (χ2n) is 4.98. The standard InChI is InChI=1S/C16H18N2O3S/c1-10-3-8-14(22-10)9-17-13-6-4-12(5-7-13)15(19)18-11(2)16(20)21/h3-8,11,17H,9H2,1-2H3,(H,18,19)(H,20,21). The summed E-state index contributed by atoms with van der Waals surface area (Å²) in [7, 11) is 0. The van der Waals surface area contributed by atoms with Crippen molar-refractivity contribution in [2.45, 2.75) is 26.4 Å². The Morgan fingerprint density at radius 2 is 1.86 bits per heavy atom. The first kappa shape index (κ1) is 16.0. The number of anilines is 1. The van der Waals surface area contributed by atoms with Crippen LogP contribution in [0.25, 0.3) is 0 Å². The van der Waals surface area contributed by atoms with Gasteiger partial charge in [-0.05, 0) is 50.2 Å². The zero-order valence-electron chi connectivity index (χ0n) is 12.4. The lowest BCUT2D eigenvalue weighted by Crippen LogP contribution is -2.38. The fourth-order valence-corrected chi connectivity index (χ4v) is 2.68. The molecule has 5 nitrogen and oxygen atoms in total. The van der Waals surface area contributed by atoms with Gasteiger partial charge < -0.3 is 15.7 Å². The molecule has 3 N–H and O–H groups in total. The van der Waals surface area contributed by atoms with E-state index in [1.165, 1.54) is 16.7 Å². The minimum absolute atomic E-state index is 0.393. The molecular weight excluding hydrogens is 300 g/mol. The van der Waals surface area contributed by atoms with Crippen molar-refractivity contribution in [1.29, 1.82) is 0 Å². The Hall–Kier alpha value is -2.34. The van der Waals surface area contributed by atoms with Crippen molar-refractivity contribution in [3.63, 3.8) is 0 Å². The summed E-state index contributed by atoms with van der Waals surface area (Å²) < 4.78 is 0. The predicted octanol–water partition coefficient (Wildman–Crippen LogP) is 2.87. The molecule has 22 heavy (non-hydrogen) atoms. The van der Waals surface area contributed by atoms with E-state index < -0.39 is 17.9 Å². The number of carbonyl (C=O) groups is 2. The van der Waals surface area contributed by atoms with Crippen LogP contribution in [0.1, 0.15) is 27.0 Å². The predicted molar refractivity (Wildman–Crippen MR) is 87.4 cm³/mol. The van der Waals surface area contributed by atoms with Gasteiger partial charge in [-0.1, -0.05) is 0 Å². The molecule has 2 aromatic rings. The van der Waals surface area contributed by atoms with Crippen molar-refractivity contribution in [2.75, 3.05) is 5.32 Å². The highest BCUT2D eigenvalue weighted by Crippen LogP contribution is 2.17. The number of thiophene rings is 1. The number of aryl methyl sites for hydroxylation is 1. The average molecular weight is 318 g/mol. The molecule has 1 heterocycles. The minimum atomic E-state index is -1.06. The molecule has 116 valence electrons. The van der Waals surface area contributed by atoms with Gasteiger partial charge in [-0.25, -0.2) is 0 Å². The molecule has 1 aromatic heterocycles. The van der Waals surface area contributed by atoms with Crippen LogP contribution in [0.4, 0.5) is 5.69 Å². The minimum Gasteiger partial charge on any atom is -0.480 e. The van der Waals surface area contributed by atoms with Gasteiger partial charge in [-0.3, -0.25) is 9.59 Å². The van der Waals surface area contributed by atoms with Gasteiger partial charge in [0.2, 0.25) is 0 Å². The van der Waals surface area contributed by atoms with E-state index in [0.29, 0.717) is 5.56 Å². The highest BCUT2D eigenvalue weighted by molar-refractivity contribution is 7.11. The van der Waals surface area contributed by atoms with Crippen molar-refractivity contribution in [1.82, 2.24) is 5.32 Å². The van der Waals surface area contributed by atoms with Gasteiger partial charge in [0, 0.05) is 27.5 Å². The zero-order chi connectivity index (χ0) is 16.1. The topological polar surface area (TPSA) is 78.4 Å². The van der Waals surface area contributed by atoms with Crippen LogP contribution in [0.15, 0.2) is 36.4 Å². The Balaban J connectivity index is 1.92. The molecule has 1 atom stereocenters. The van der Waals surface area contributed by atoms with Gasteiger partial charge in [0.15, 0.2) is 0 Å². The lowest BCUT2D eigenvalue weighted by atomic mass is 10.2. The van der Waals surface area contributed by atoms with E-state index in [-0.39, 0.29) is 0 Å². The monoisotopic (exact) mass is 318 g/mol. The smallest absolute Gasteiger partial charge is 0.325 e. The molecule has 1 amide bonds. The molecule has 0 aliphatic rings. The summed E-state index contributed by atoms with van der Waals surface area (Å²) >= 11 is 1.74. The Morgan fingerprint density at radius 1 is 1.18 bits per heavy atom. The largest absolute Gasteiger partial charge is 0.480 e. The van der Waals surface area contributed by atoms with Crippen molar-refractivity contribution in [3.8, 4) is 0 Å². The number of carboxylic acids is 1. The molecule has 0 spiro atoms. The normalized spacial score (nSPS) is 11.7. The third-order valence-corrected chi connectivity index (χ3v) is 4.13. The maximum Gasteiger partial charge on any atom is 0.325 e. The van der Waals surface area contributed by atoms with Crippen LogP contribution in [-0.4, -0.2) is 23.0 Å². The number of amides is 1. The van der Waals surface area contributed by atoms with Gasteiger partial charge in [0.05, 0.1) is 0 Å². The number of nitrogens with one attached hydrogen (secondary N) is 2. The van der Waals surface area contributed by atoms with Crippen molar-refractivity contribution < 1.29 is 14.7 Å².